The van der Waals surface area contributed by atoms with E-state index >= 15 is 0 Å². The largest absolute Gasteiger partial charge is 0.477 e. The number of H-pyrrole nitrogens is 2. The van der Waals surface area contributed by atoms with E-state index in [0.29, 0.717) is 17.7 Å². The third-order valence-corrected chi connectivity index (χ3v) is 2.40. The quantitative estimate of drug-likeness (QED) is 0.270. The maximum atomic E-state index is 11.5. The SMILES string of the molecule is CCc1c(C/C(=N\O)C(=O)O)[nH]c(=S)[nH]c1=O. The number of oxime groups is 1. The number of nitrogens with zero attached hydrogens (tertiary/aromatic N) is 1. The molecule has 92 valence electrons. The molecule has 17 heavy (non-hydrogen) atoms. The molecule has 0 unspecified atom stereocenters. The van der Waals surface area contributed by atoms with Gasteiger partial charge >= 0.3 is 5.97 Å². The van der Waals surface area contributed by atoms with Crippen molar-refractivity contribution in [1.82, 2.24) is 9.97 Å². The lowest BCUT2D eigenvalue weighted by molar-refractivity contribution is -0.129. The van der Waals surface area contributed by atoms with E-state index in [1.807, 2.05) is 0 Å². The Morgan fingerprint density at radius 3 is 2.59 bits per heavy atom. The minimum Gasteiger partial charge on any atom is -0.477 e. The summed E-state index contributed by atoms with van der Waals surface area (Å²) in [5.41, 5.74) is -0.0951. The smallest absolute Gasteiger partial charge is 0.354 e. The van der Waals surface area contributed by atoms with Crippen LogP contribution >= 0.6 is 12.2 Å². The molecule has 0 aromatic carbocycles. The highest BCUT2D eigenvalue weighted by Crippen LogP contribution is 2.03. The second-order valence-corrected chi connectivity index (χ2v) is 3.66. The summed E-state index contributed by atoms with van der Waals surface area (Å²) in [4.78, 5) is 27.3. The number of rotatable bonds is 4. The Bertz CT molecular complexity index is 572. The Morgan fingerprint density at radius 1 is 1.47 bits per heavy atom. The van der Waals surface area contributed by atoms with Gasteiger partial charge in [0.05, 0.1) is 0 Å². The van der Waals surface area contributed by atoms with Crippen LogP contribution in [0.1, 0.15) is 18.2 Å². The Morgan fingerprint density at radius 2 is 2.12 bits per heavy atom. The first kappa shape index (κ1) is 13.1. The molecule has 0 amide bonds. The highest BCUT2D eigenvalue weighted by molar-refractivity contribution is 7.71. The van der Waals surface area contributed by atoms with Crippen molar-refractivity contribution < 1.29 is 15.1 Å². The lowest BCUT2D eigenvalue weighted by Gasteiger charge is -2.05. The molecule has 0 radical (unpaired) electrons. The van der Waals surface area contributed by atoms with Crippen LogP contribution in [-0.4, -0.2) is 32.0 Å². The van der Waals surface area contributed by atoms with Crippen LogP contribution in [-0.2, 0) is 17.6 Å². The molecule has 0 atom stereocenters. The van der Waals surface area contributed by atoms with Crippen molar-refractivity contribution in [3.05, 3.63) is 26.4 Å². The fourth-order valence-corrected chi connectivity index (χ4v) is 1.62. The molecule has 1 heterocycles. The molecule has 0 fully saturated rings. The van der Waals surface area contributed by atoms with Crippen LogP contribution < -0.4 is 5.56 Å². The molecule has 0 aliphatic carbocycles. The van der Waals surface area contributed by atoms with Crippen LogP contribution in [0.4, 0.5) is 0 Å². The number of carbonyl (C=O) groups is 1. The van der Waals surface area contributed by atoms with E-state index < -0.39 is 11.7 Å². The van der Waals surface area contributed by atoms with Gasteiger partial charge in [0.25, 0.3) is 5.56 Å². The summed E-state index contributed by atoms with van der Waals surface area (Å²) in [6.07, 6.45) is 0.220. The normalized spacial score (nSPS) is 11.5. The molecule has 1 aromatic heterocycles. The van der Waals surface area contributed by atoms with Crippen molar-refractivity contribution in [3.63, 3.8) is 0 Å². The molecule has 0 aliphatic rings. The molecular weight excluding hydrogens is 246 g/mol. The molecule has 0 saturated carbocycles. The van der Waals surface area contributed by atoms with Crippen molar-refractivity contribution in [2.24, 2.45) is 5.16 Å². The topological polar surface area (TPSA) is 119 Å². The van der Waals surface area contributed by atoms with Crippen LogP contribution in [0.25, 0.3) is 0 Å². The molecule has 0 spiro atoms. The number of carboxylic acids is 1. The summed E-state index contributed by atoms with van der Waals surface area (Å²) in [5, 5.41) is 19.9. The van der Waals surface area contributed by atoms with Gasteiger partial charge < -0.3 is 15.3 Å². The Kier molecular flexibility index (Phi) is 4.16. The molecule has 1 rings (SSSR count). The zero-order valence-corrected chi connectivity index (χ0v) is 9.80. The van der Waals surface area contributed by atoms with E-state index in [1.54, 1.807) is 6.92 Å². The summed E-state index contributed by atoms with van der Waals surface area (Å²) >= 11 is 4.79. The molecular formula is C9H11N3O4S. The van der Waals surface area contributed by atoms with Crippen molar-refractivity contribution in [3.8, 4) is 0 Å². The first-order chi connectivity index (χ1) is 7.99. The summed E-state index contributed by atoms with van der Waals surface area (Å²) in [6.45, 7) is 1.75. The van der Waals surface area contributed by atoms with Crippen molar-refractivity contribution in [1.29, 1.82) is 0 Å². The first-order valence-electron chi connectivity index (χ1n) is 4.78. The van der Waals surface area contributed by atoms with E-state index in [2.05, 4.69) is 15.1 Å². The van der Waals surface area contributed by atoms with Gasteiger partial charge in [0.15, 0.2) is 10.5 Å². The average molecular weight is 257 g/mol. The van der Waals surface area contributed by atoms with Gasteiger partial charge in [-0.3, -0.25) is 9.78 Å². The molecule has 0 aliphatic heterocycles. The maximum absolute atomic E-state index is 11.5. The van der Waals surface area contributed by atoms with Crippen molar-refractivity contribution >= 4 is 23.9 Å². The second-order valence-electron chi connectivity index (χ2n) is 3.25. The lowest BCUT2D eigenvalue weighted by Crippen LogP contribution is -2.22. The van der Waals surface area contributed by atoms with Gasteiger partial charge in [-0.2, -0.15) is 0 Å². The molecule has 1 aromatic rings. The molecule has 7 nitrogen and oxygen atoms in total. The Balaban J connectivity index is 3.27. The number of hydrogen-bond acceptors (Lipinski definition) is 5. The highest BCUT2D eigenvalue weighted by Gasteiger charge is 2.15. The van der Waals surface area contributed by atoms with E-state index in [1.165, 1.54) is 0 Å². The van der Waals surface area contributed by atoms with Gasteiger partial charge in [-0.05, 0) is 18.6 Å². The van der Waals surface area contributed by atoms with Crippen molar-refractivity contribution in [2.45, 2.75) is 19.8 Å². The minimum absolute atomic E-state index is 0.102. The number of aromatic nitrogens is 2. The number of aromatic amines is 2. The van der Waals surface area contributed by atoms with E-state index in [-0.39, 0.29) is 16.8 Å². The maximum Gasteiger partial charge on any atom is 0.354 e. The monoisotopic (exact) mass is 257 g/mol. The van der Waals surface area contributed by atoms with E-state index in [9.17, 15) is 9.59 Å². The predicted octanol–water partition coefficient (Wildman–Crippen LogP) is 0.452. The van der Waals surface area contributed by atoms with Crippen LogP contribution in [0.3, 0.4) is 0 Å². The summed E-state index contributed by atoms with van der Waals surface area (Å²) < 4.78 is 0.102. The first-order valence-corrected chi connectivity index (χ1v) is 5.19. The number of nitrogens with one attached hydrogen (secondary N) is 2. The zero-order valence-electron chi connectivity index (χ0n) is 8.98. The molecule has 0 saturated heterocycles. The van der Waals surface area contributed by atoms with Crippen LogP contribution in [0.15, 0.2) is 9.95 Å². The van der Waals surface area contributed by atoms with Gasteiger partial charge in [0.2, 0.25) is 0 Å². The van der Waals surface area contributed by atoms with Crippen molar-refractivity contribution in [2.75, 3.05) is 0 Å². The Hall–Kier alpha value is -1.96. The fraction of sp³-hybridized carbons (Fsp3) is 0.333. The third-order valence-electron chi connectivity index (χ3n) is 2.20. The molecule has 0 bridgehead atoms. The van der Waals surface area contributed by atoms with Gasteiger partial charge in [0, 0.05) is 17.7 Å². The lowest BCUT2D eigenvalue weighted by atomic mass is 10.1. The number of aliphatic carboxylic acids is 1. The van der Waals surface area contributed by atoms with Crippen LogP contribution in [0.5, 0.6) is 0 Å². The van der Waals surface area contributed by atoms with E-state index in [0.717, 1.165) is 0 Å². The van der Waals surface area contributed by atoms with Gasteiger partial charge in [-0.15, -0.1) is 0 Å². The highest BCUT2D eigenvalue weighted by atomic mass is 32.1. The summed E-state index contributed by atoms with van der Waals surface area (Å²) in [6, 6.07) is 0. The number of carboxylic acid groups (broad SMARTS) is 1. The minimum atomic E-state index is -1.35. The molecule has 8 heteroatoms. The second kappa shape index (κ2) is 5.39. The van der Waals surface area contributed by atoms with E-state index in [4.69, 9.17) is 22.5 Å². The standard InChI is InChI=1S/C9H11N3O4S/c1-2-4-5(3-6(12-16)8(14)15)10-9(17)11-7(4)13/h16H,2-3H2,1H3,(H,14,15)(H2,10,11,13,17)/b12-6+. The predicted molar refractivity (Wildman–Crippen MR) is 62.2 cm³/mol. The van der Waals surface area contributed by atoms with Crippen LogP contribution in [0.2, 0.25) is 0 Å². The summed E-state index contributed by atoms with van der Waals surface area (Å²) in [5.74, 6) is -1.35. The van der Waals surface area contributed by atoms with Gasteiger partial charge in [0.1, 0.15) is 0 Å². The average Bonchev–Trinajstić information content (AvgIpc) is 2.24. The molecule has 4 N–H and O–H groups in total. The fourth-order valence-electron chi connectivity index (χ4n) is 1.41. The zero-order chi connectivity index (χ0) is 13.0. The Labute approximate surface area is 101 Å². The van der Waals surface area contributed by atoms with Gasteiger partial charge in [-0.25, -0.2) is 4.79 Å². The summed E-state index contributed by atoms with van der Waals surface area (Å²) in [7, 11) is 0. The van der Waals surface area contributed by atoms with Crippen LogP contribution in [0, 0.1) is 4.77 Å². The number of hydrogen-bond donors (Lipinski definition) is 4. The van der Waals surface area contributed by atoms with Gasteiger partial charge in [-0.1, -0.05) is 12.1 Å². The third kappa shape index (κ3) is 3.00.